The van der Waals surface area contributed by atoms with Crippen molar-refractivity contribution in [1.29, 1.82) is 0 Å². The molecule has 2 aromatic carbocycles. The number of rotatable bonds is 6. The molecule has 0 aliphatic heterocycles. The molecular weight excluding hydrogens is 408 g/mol. The highest BCUT2D eigenvalue weighted by Gasteiger charge is 2.19. The van der Waals surface area contributed by atoms with E-state index < -0.39 is 10.0 Å². The van der Waals surface area contributed by atoms with Crippen LogP contribution in [0.25, 0.3) is 0 Å². The van der Waals surface area contributed by atoms with Crippen molar-refractivity contribution < 1.29 is 13.2 Å². The van der Waals surface area contributed by atoms with Gasteiger partial charge in [-0.2, -0.15) is 0 Å². The minimum atomic E-state index is -3.69. The molecule has 0 bridgehead atoms. The van der Waals surface area contributed by atoms with Crippen LogP contribution in [0.2, 0.25) is 0 Å². The topological polar surface area (TPSA) is 101 Å². The summed E-state index contributed by atoms with van der Waals surface area (Å²) in [5, 5.41) is 11.0. The third kappa shape index (κ3) is 5.47. The van der Waals surface area contributed by atoms with E-state index in [4.69, 9.17) is 0 Å². The molecule has 2 N–H and O–H groups in total. The van der Waals surface area contributed by atoms with Crippen molar-refractivity contribution in [3.63, 3.8) is 0 Å². The van der Waals surface area contributed by atoms with Crippen molar-refractivity contribution in [2.75, 3.05) is 5.32 Å². The fraction of sp³-hybridized carbons (Fsp3) is 0.250. The third-order valence-electron chi connectivity index (χ3n) is 4.14. The predicted molar refractivity (Wildman–Crippen MR) is 113 cm³/mol. The van der Waals surface area contributed by atoms with Gasteiger partial charge in [0.05, 0.1) is 11.4 Å². The van der Waals surface area contributed by atoms with E-state index in [-0.39, 0.29) is 27.8 Å². The number of nitrogens with one attached hydrogen (secondary N) is 2. The Kier molecular flexibility index (Phi) is 6.11. The number of sulfonamides is 1. The van der Waals surface area contributed by atoms with Crippen molar-refractivity contribution in [2.45, 2.75) is 37.6 Å². The minimum Gasteiger partial charge on any atom is -0.320 e. The van der Waals surface area contributed by atoms with Crippen LogP contribution in [0, 0.1) is 0 Å². The fourth-order valence-corrected chi connectivity index (χ4v) is 4.25. The summed E-state index contributed by atoms with van der Waals surface area (Å²) in [5.41, 5.74) is 1.64. The van der Waals surface area contributed by atoms with E-state index in [1.54, 1.807) is 24.3 Å². The Morgan fingerprint density at radius 2 is 1.66 bits per heavy atom. The van der Waals surface area contributed by atoms with E-state index in [0.29, 0.717) is 10.7 Å². The predicted octanol–water partition coefficient (Wildman–Crippen LogP) is 3.57. The number of aromatic nitrogens is 2. The summed E-state index contributed by atoms with van der Waals surface area (Å²) in [5.74, 6) is -0.388. The van der Waals surface area contributed by atoms with Crippen molar-refractivity contribution in [2.24, 2.45) is 0 Å². The lowest BCUT2D eigenvalue weighted by molar-refractivity contribution is 0.102. The highest BCUT2D eigenvalue weighted by atomic mass is 32.2. The van der Waals surface area contributed by atoms with Gasteiger partial charge < -0.3 is 5.32 Å². The minimum absolute atomic E-state index is 0.0420. The molecule has 1 heterocycles. The van der Waals surface area contributed by atoms with Gasteiger partial charge in [0.15, 0.2) is 0 Å². The van der Waals surface area contributed by atoms with E-state index in [1.165, 1.54) is 0 Å². The van der Waals surface area contributed by atoms with Gasteiger partial charge in [-0.3, -0.25) is 4.79 Å². The smallest absolute Gasteiger partial charge is 0.286 e. The molecule has 0 atom stereocenters. The number of carbonyl (C=O) groups is 1. The molecule has 0 saturated carbocycles. The van der Waals surface area contributed by atoms with E-state index in [2.05, 4.69) is 41.0 Å². The van der Waals surface area contributed by atoms with Gasteiger partial charge in [-0.25, -0.2) is 13.1 Å². The first-order valence-electron chi connectivity index (χ1n) is 8.94. The van der Waals surface area contributed by atoms with Gasteiger partial charge in [0.25, 0.3) is 5.91 Å². The zero-order valence-corrected chi connectivity index (χ0v) is 18.0. The molecule has 29 heavy (non-hydrogen) atoms. The van der Waals surface area contributed by atoms with Gasteiger partial charge >= 0.3 is 0 Å². The van der Waals surface area contributed by atoms with Crippen LogP contribution < -0.4 is 10.0 Å². The van der Waals surface area contributed by atoms with Crippen LogP contribution in [0.4, 0.5) is 5.69 Å². The molecule has 1 amide bonds. The van der Waals surface area contributed by atoms with Gasteiger partial charge in [-0.05, 0) is 35.2 Å². The number of carbonyl (C=O) groups excluding carboxylic acids is 1. The van der Waals surface area contributed by atoms with Crippen molar-refractivity contribution >= 4 is 33.0 Å². The monoisotopic (exact) mass is 430 g/mol. The molecule has 0 aliphatic rings. The van der Waals surface area contributed by atoms with Crippen LogP contribution in [0.3, 0.4) is 0 Å². The number of amides is 1. The second-order valence-electron chi connectivity index (χ2n) is 7.42. The van der Waals surface area contributed by atoms with Crippen molar-refractivity contribution in [3.8, 4) is 0 Å². The average molecular weight is 431 g/mol. The van der Waals surface area contributed by atoms with Gasteiger partial charge in [0, 0.05) is 5.69 Å². The van der Waals surface area contributed by atoms with E-state index >= 15 is 0 Å². The molecule has 0 spiro atoms. The van der Waals surface area contributed by atoms with E-state index in [1.807, 2.05) is 30.3 Å². The first-order valence-corrected chi connectivity index (χ1v) is 11.2. The van der Waals surface area contributed by atoms with Crippen molar-refractivity contribution in [1.82, 2.24) is 14.9 Å². The van der Waals surface area contributed by atoms with Crippen LogP contribution in [0.1, 0.15) is 41.1 Å². The van der Waals surface area contributed by atoms with E-state index in [9.17, 15) is 13.2 Å². The van der Waals surface area contributed by atoms with E-state index in [0.717, 1.165) is 16.9 Å². The number of anilines is 1. The quantitative estimate of drug-likeness (QED) is 0.623. The Hall–Kier alpha value is -2.62. The third-order valence-corrected chi connectivity index (χ3v) is 6.48. The maximum atomic E-state index is 12.5. The van der Waals surface area contributed by atoms with Gasteiger partial charge in [-0.1, -0.05) is 62.4 Å². The maximum Gasteiger partial charge on any atom is 0.286 e. The number of benzene rings is 2. The lowest BCUT2D eigenvalue weighted by atomic mass is 9.87. The zero-order chi connectivity index (χ0) is 21.1. The Labute approximate surface area is 174 Å². The Morgan fingerprint density at radius 3 is 2.28 bits per heavy atom. The molecule has 9 heteroatoms. The van der Waals surface area contributed by atoms with Crippen LogP contribution in [0.5, 0.6) is 0 Å². The standard InChI is InChI=1S/C20H22N4O3S2/c1-20(2,3)14-9-11-16(12-10-14)29(26,27)21-13-17-23-24-19(28-17)18(25)22-15-7-5-4-6-8-15/h4-12,21H,13H2,1-3H3,(H,22,25). The summed E-state index contributed by atoms with van der Waals surface area (Å²) in [6.07, 6.45) is 0. The molecule has 0 aliphatic carbocycles. The largest absolute Gasteiger partial charge is 0.320 e. The lowest BCUT2D eigenvalue weighted by Gasteiger charge is -2.19. The molecule has 1 aromatic heterocycles. The van der Waals surface area contributed by atoms with Gasteiger partial charge in [0.1, 0.15) is 5.01 Å². The molecule has 3 rings (SSSR count). The number of hydrogen-bond acceptors (Lipinski definition) is 6. The Morgan fingerprint density at radius 1 is 1.00 bits per heavy atom. The summed E-state index contributed by atoms with van der Waals surface area (Å²) < 4.78 is 27.5. The molecule has 7 nitrogen and oxygen atoms in total. The van der Waals surface area contributed by atoms with Gasteiger partial charge in [0.2, 0.25) is 15.0 Å². The van der Waals surface area contributed by atoms with Crippen LogP contribution in [0.15, 0.2) is 59.5 Å². The fourth-order valence-electron chi connectivity index (χ4n) is 2.50. The number of para-hydroxylation sites is 1. The average Bonchev–Trinajstić information content (AvgIpc) is 3.16. The summed E-state index contributed by atoms with van der Waals surface area (Å²) in [6.45, 7) is 6.15. The van der Waals surface area contributed by atoms with Crippen molar-refractivity contribution in [3.05, 3.63) is 70.2 Å². The second-order valence-corrected chi connectivity index (χ2v) is 10.2. The first kappa shape index (κ1) is 21.1. The zero-order valence-electron chi connectivity index (χ0n) is 16.3. The van der Waals surface area contributed by atoms with Crippen LogP contribution >= 0.6 is 11.3 Å². The molecular formula is C20H22N4O3S2. The van der Waals surface area contributed by atoms with Gasteiger partial charge in [-0.15, -0.1) is 10.2 Å². The highest BCUT2D eigenvalue weighted by Crippen LogP contribution is 2.23. The number of nitrogens with zero attached hydrogens (tertiary/aromatic N) is 2. The normalized spacial score (nSPS) is 12.0. The molecule has 0 saturated heterocycles. The molecule has 0 unspecified atom stereocenters. The Balaban J connectivity index is 1.63. The highest BCUT2D eigenvalue weighted by molar-refractivity contribution is 7.89. The number of hydrogen-bond donors (Lipinski definition) is 2. The summed E-state index contributed by atoms with van der Waals surface area (Å²) >= 11 is 1.04. The summed E-state index contributed by atoms with van der Waals surface area (Å²) in [6, 6.07) is 15.8. The summed E-state index contributed by atoms with van der Waals surface area (Å²) in [4.78, 5) is 12.4. The maximum absolute atomic E-state index is 12.5. The molecule has 3 aromatic rings. The molecule has 0 radical (unpaired) electrons. The first-order chi connectivity index (χ1) is 13.6. The van der Waals surface area contributed by atoms with Crippen LogP contribution in [-0.4, -0.2) is 24.5 Å². The summed E-state index contributed by atoms with van der Waals surface area (Å²) in [7, 11) is -3.69. The Bertz CT molecular complexity index is 1090. The second kappa shape index (κ2) is 8.40. The van der Waals surface area contributed by atoms with Crippen LogP contribution in [-0.2, 0) is 22.0 Å². The molecule has 0 fully saturated rings. The lowest BCUT2D eigenvalue weighted by Crippen LogP contribution is -2.23. The SMILES string of the molecule is CC(C)(C)c1ccc(S(=O)(=O)NCc2nnc(C(=O)Nc3ccccc3)s2)cc1. The molecule has 152 valence electrons.